The van der Waals surface area contributed by atoms with Gasteiger partial charge in [0.2, 0.25) is 5.91 Å². The summed E-state index contributed by atoms with van der Waals surface area (Å²) in [5.74, 6) is 0.602. The molecule has 1 fully saturated rings. The number of amides is 1. The van der Waals surface area contributed by atoms with Crippen LogP contribution in [-0.4, -0.2) is 37.6 Å². The van der Waals surface area contributed by atoms with E-state index in [1.165, 1.54) is 0 Å². The molecule has 1 aliphatic rings. The fourth-order valence-corrected chi connectivity index (χ4v) is 1.39. The third kappa shape index (κ3) is 2.34. The molecule has 0 radical (unpaired) electrons. The molecule has 0 bridgehead atoms. The standard InChI is InChI=1S/C9H15NO2/c1-3-4-12-7-8-5-9(11)10(2)6-8/h3,8H,1,4-7H2,2H3. The number of carbonyl (C=O) groups is 1. The molecule has 0 aromatic carbocycles. The van der Waals surface area contributed by atoms with Gasteiger partial charge in [0.15, 0.2) is 0 Å². The summed E-state index contributed by atoms with van der Waals surface area (Å²) >= 11 is 0. The molecule has 1 aliphatic heterocycles. The van der Waals surface area contributed by atoms with Gasteiger partial charge in [-0.3, -0.25) is 4.79 Å². The van der Waals surface area contributed by atoms with Gasteiger partial charge in [-0.05, 0) is 0 Å². The quantitative estimate of drug-likeness (QED) is 0.457. The molecule has 1 rings (SSSR count). The Morgan fingerprint density at radius 1 is 1.83 bits per heavy atom. The largest absolute Gasteiger partial charge is 0.377 e. The molecule has 0 spiro atoms. The first-order valence-corrected chi connectivity index (χ1v) is 4.16. The van der Waals surface area contributed by atoms with E-state index in [-0.39, 0.29) is 5.91 Å². The van der Waals surface area contributed by atoms with Crippen molar-refractivity contribution >= 4 is 5.91 Å². The smallest absolute Gasteiger partial charge is 0.222 e. The number of nitrogens with zero attached hydrogens (tertiary/aromatic N) is 1. The van der Waals surface area contributed by atoms with Crippen LogP contribution in [0.4, 0.5) is 0 Å². The number of carbonyl (C=O) groups excluding carboxylic acids is 1. The van der Waals surface area contributed by atoms with E-state index in [0.29, 0.717) is 25.6 Å². The molecule has 3 nitrogen and oxygen atoms in total. The molecule has 0 aromatic rings. The maximum atomic E-state index is 11.1. The van der Waals surface area contributed by atoms with Gasteiger partial charge in [-0.25, -0.2) is 0 Å². The average Bonchev–Trinajstić information content (AvgIpc) is 2.32. The van der Waals surface area contributed by atoms with Crippen LogP contribution in [0.2, 0.25) is 0 Å². The molecule has 0 aliphatic carbocycles. The number of rotatable bonds is 4. The fraction of sp³-hybridized carbons (Fsp3) is 0.667. The highest BCUT2D eigenvalue weighted by Gasteiger charge is 2.26. The highest BCUT2D eigenvalue weighted by atomic mass is 16.5. The minimum atomic E-state index is 0.224. The lowest BCUT2D eigenvalue weighted by Gasteiger charge is -2.09. The van der Waals surface area contributed by atoms with Crippen LogP contribution < -0.4 is 0 Å². The molecule has 68 valence electrons. The lowest BCUT2D eigenvalue weighted by molar-refractivity contribution is -0.126. The second-order valence-electron chi connectivity index (χ2n) is 3.17. The van der Waals surface area contributed by atoms with Crippen LogP contribution in [0.15, 0.2) is 12.7 Å². The van der Waals surface area contributed by atoms with Gasteiger partial charge in [0.1, 0.15) is 0 Å². The Kier molecular flexibility index (Phi) is 3.29. The van der Waals surface area contributed by atoms with E-state index < -0.39 is 0 Å². The van der Waals surface area contributed by atoms with Crippen molar-refractivity contribution in [1.29, 1.82) is 0 Å². The molecule has 0 saturated carbocycles. The topological polar surface area (TPSA) is 29.5 Å². The van der Waals surface area contributed by atoms with Crippen molar-refractivity contribution in [3.05, 3.63) is 12.7 Å². The van der Waals surface area contributed by atoms with E-state index in [1.807, 2.05) is 7.05 Å². The number of likely N-dealkylation sites (tertiary alicyclic amines) is 1. The van der Waals surface area contributed by atoms with Gasteiger partial charge in [-0.15, -0.1) is 6.58 Å². The lowest BCUT2D eigenvalue weighted by Crippen LogP contribution is -2.19. The normalized spacial score (nSPS) is 23.2. The van der Waals surface area contributed by atoms with Crippen molar-refractivity contribution in [1.82, 2.24) is 4.90 Å². The van der Waals surface area contributed by atoms with Crippen LogP contribution in [0, 0.1) is 5.92 Å². The van der Waals surface area contributed by atoms with Crippen molar-refractivity contribution in [2.24, 2.45) is 5.92 Å². The maximum Gasteiger partial charge on any atom is 0.222 e. The molecule has 0 aromatic heterocycles. The van der Waals surface area contributed by atoms with Gasteiger partial charge in [-0.2, -0.15) is 0 Å². The summed E-state index contributed by atoms with van der Waals surface area (Å²) in [6.45, 7) is 5.63. The summed E-state index contributed by atoms with van der Waals surface area (Å²) in [7, 11) is 1.83. The number of ether oxygens (including phenoxy) is 1. The Labute approximate surface area is 73.0 Å². The van der Waals surface area contributed by atoms with Crippen molar-refractivity contribution in [2.45, 2.75) is 6.42 Å². The van der Waals surface area contributed by atoms with Gasteiger partial charge >= 0.3 is 0 Å². The molecule has 3 heteroatoms. The average molecular weight is 169 g/mol. The minimum Gasteiger partial charge on any atom is -0.377 e. The zero-order chi connectivity index (χ0) is 8.97. The summed E-state index contributed by atoms with van der Waals surface area (Å²) in [5.41, 5.74) is 0. The predicted octanol–water partition coefficient (Wildman–Crippen LogP) is 0.667. The Balaban J connectivity index is 2.18. The molecular formula is C9H15NO2. The van der Waals surface area contributed by atoms with Crippen molar-refractivity contribution < 1.29 is 9.53 Å². The zero-order valence-electron chi connectivity index (χ0n) is 7.45. The monoisotopic (exact) mass is 169 g/mol. The lowest BCUT2D eigenvalue weighted by atomic mass is 10.1. The summed E-state index contributed by atoms with van der Waals surface area (Å²) in [6.07, 6.45) is 2.36. The fourth-order valence-electron chi connectivity index (χ4n) is 1.39. The van der Waals surface area contributed by atoms with E-state index in [4.69, 9.17) is 4.74 Å². The van der Waals surface area contributed by atoms with E-state index in [0.717, 1.165) is 6.54 Å². The highest BCUT2D eigenvalue weighted by molar-refractivity contribution is 5.78. The number of hydrogen-bond acceptors (Lipinski definition) is 2. The van der Waals surface area contributed by atoms with Crippen molar-refractivity contribution in [3.8, 4) is 0 Å². The molecule has 1 amide bonds. The van der Waals surface area contributed by atoms with Crippen molar-refractivity contribution in [2.75, 3.05) is 26.8 Å². The molecule has 1 heterocycles. The molecule has 0 N–H and O–H groups in total. The van der Waals surface area contributed by atoms with Crippen LogP contribution in [0.1, 0.15) is 6.42 Å². The third-order valence-corrected chi connectivity index (χ3v) is 2.01. The third-order valence-electron chi connectivity index (χ3n) is 2.01. The first-order chi connectivity index (χ1) is 5.74. The van der Waals surface area contributed by atoms with Gasteiger partial charge < -0.3 is 9.64 Å². The van der Waals surface area contributed by atoms with E-state index in [1.54, 1.807) is 11.0 Å². The summed E-state index contributed by atoms with van der Waals surface area (Å²) in [4.78, 5) is 12.8. The predicted molar refractivity (Wildman–Crippen MR) is 46.8 cm³/mol. The Bertz CT molecular complexity index is 179. The van der Waals surface area contributed by atoms with Crippen LogP contribution in [0.25, 0.3) is 0 Å². The molecule has 1 atom stereocenters. The van der Waals surface area contributed by atoms with E-state index in [2.05, 4.69) is 6.58 Å². The van der Waals surface area contributed by atoms with Gasteiger partial charge in [0.05, 0.1) is 13.2 Å². The summed E-state index contributed by atoms with van der Waals surface area (Å²) < 4.78 is 5.27. The molecule has 12 heavy (non-hydrogen) atoms. The minimum absolute atomic E-state index is 0.224. The number of hydrogen-bond donors (Lipinski definition) is 0. The van der Waals surface area contributed by atoms with Crippen LogP contribution in [0.5, 0.6) is 0 Å². The first-order valence-electron chi connectivity index (χ1n) is 4.16. The molecular weight excluding hydrogens is 154 g/mol. The molecule has 1 saturated heterocycles. The zero-order valence-corrected chi connectivity index (χ0v) is 7.45. The van der Waals surface area contributed by atoms with Crippen molar-refractivity contribution in [3.63, 3.8) is 0 Å². The van der Waals surface area contributed by atoms with Crippen LogP contribution in [-0.2, 0) is 9.53 Å². The Hall–Kier alpha value is -0.830. The van der Waals surface area contributed by atoms with Gasteiger partial charge in [0.25, 0.3) is 0 Å². The van der Waals surface area contributed by atoms with Crippen LogP contribution >= 0.6 is 0 Å². The SMILES string of the molecule is C=CCOCC1CC(=O)N(C)C1. The van der Waals surface area contributed by atoms with E-state index in [9.17, 15) is 4.79 Å². The van der Waals surface area contributed by atoms with Gasteiger partial charge in [0, 0.05) is 25.9 Å². The van der Waals surface area contributed by atoms with E-state index >= 15 is 0 Å². The Morgan fingerprint density at radius 3 is 3.08 bits per heavy atom. The van der Waals surface area contributed by atoms with Crippen LogP contribution in [0.3, 0.4) is 0 Å². The maximum absolute atomic E-state index is 11.1. The summed E-state index contributed by atoms with van der Waals surface area (Å²) in [5, 5.41) is 0. The Morgan fingerprint density at radius 2 is 2.58 bits per heavy atom. The highest BCUT2D eigenvalue weighted by Crippen LogP contribution is 2.15. The second-order valence-corrected chi connectivity index (χ2v) is 3.17. The summed E-state index contributed by atoms with van der Waals surface area (Å²) in [6, 6.07) is 0. The second kappa shape index (κ2) is 4.26. The first kappa shape index (κ1) is 9.26. The molecule has 1 unspecified atom stereocenters. The van der Waals surface area contributed by atoms with Gasteiger partial charge in [-0.1, -0.05) is 6.08 Å².